The molecular weight excluding hydrogens is 404 g/mol. The lowest BCUT2D eigenvalue weighted by Crippen LogP contribution is -2.49. The van der Waals surface area contributed by atoms with Crippen molar-refractivity contribution in [1.29, 1.82) is 0 Å². The number of rotatable bonds is 5. The van der Waals surface area contributed by atoms with Crippen LogP contribution in [0.3, 0.4) is 0 Å². The van der Waals surface area contributed by atoms with Crippen LogP contribution in [0.15, 0.2) is 48.5 Å². The Morgan fingerprint density at radius 1 is 0.875 bits per heavy atom. The number of ether oxygens (including phenoxy) is 2. The van der Waals surface area contributed by atoms with Gasteiger partial charge in [0.05, 0.1) is 19.9 Å². The average Bonchev–Trinajstić information content (AvgIpc) is 2.83. The van der Waals surface area contributed by atoms with Crippen molar-refractivity contribution in [3.63, 3.8) is 0 Å². The van der Waals surface area contributed by atoms with Gasteiger partial charge >= 0.3 is 0 Å². The maximum atomic E-state index is 13.2. The zero-order valence-electron chi connectivity index (χ0n) is 19.0. The van der Waals surface area contributed by atoms with Gasteiger partial charge in [0, 0.05) is 31.7 Å². The molecule has 166 valence electrons. The summed E-state index contributed by atoms with van der Waals surface area (Å²) in [5, 5.41) is 8.91. The molecule has 0 saturated carbocycles. The minimum atomic E-state index is -0.0878. The number of aromatic nitrogens is 2. The molecule has 0 atom stereocenters. The molecule has 1 aliphatic rings. The van der Waals surface area contributed by atoms with Crippen molar-refractivity contribution in [3.8, 4) is 22.8 Å². The zero-order valence-corrected chi connectivity index (χ0v) is 19.0. The Kier molecular flexibility index (Phi) is 6.25. The fraction of sp³-hybridized carbons (Fsp3) is 0.320. The standard InChI is InChI=1S/C25H28N4O3/c1-17-8-9-19(18(2)16-17)20-10-11-23(27-26-20)28-12-14-29(15-13-28)25(30)24-21(31-3)6-5-7-22(24)32-4/h5-11,16H,12-15H2,1-4H3. The van der Waals surface area contributed by atoms with Crippen LogP contribution in [0.2, 0.25) is 0 Å². The maximum absolute atomic E-state index is 13.2. The summed E-state index contributed by atoms with van der Waals surface area (Å²) in [5.74, 6) is 1.77. The van der Waals surface area contributed by atoms with Gasteiger partial charge in [0.25, 0.3) is 5.91 Å². The molecule has 1 aromatic heterocycles. The van der Waals surface area contributed by atoms with Crippen molar-refractivity contribution in [3.05, 3.63) is 65.2 Å². The minimum Gasteiger partial charge on any atom is -0.496 e. The van der Waals surface area contributed by atoms with E-state index in [-0.39, 0.29) is 5.91 Å². The van der Waals surface area contributed by atoms with Crippen LogP contribution >= 0.6 is 0 Å². The number of benzene rings is 2. The highest BCUT2D eigenvalue weighted by molar-refractivity contribution is 5.99. The number of carbonyl (C=O) groups is 1. The number of aryl methyl sites for hydroxylation is 2. The number of methoxy groups -OCH3 is 2. The molecular formula is C25H28N4O3. The molecule has 7 heteroatoms. The molecule has 0 unspecified atom stereocenters. The summed E-state index contributed by atoms with van der Waals surface area (Å²) >= 11 is 0. The first-order valence-corrected chi connectivity index (χ1v) is 10.7. The molecule has 1 saturated heterocycles. The summed E-state index contributed by atoms with van der Waals surface area (Å²) in [6.45, 7) is 6.70. The van der Waals surface area contributed by atoms with Gasteiger partial charge < -0.3 is 19.3 Å². The van der Waals surface area contributed by atoms with Gasteiger partial charge in [-0.2, -0.15) is 0 Å². The largest absolute Gasteiger partial charge is 0.496 e. The zero-order chi connectivity index (χ0) is 22.7. The topological polar surface area (TPSA) is 67.8 Å². The van der Waals surface area contributed by atoms with Crippen molar-refractivity contribution in [2.75, 3.05) is 45.3 Å². The molecule has 0 N–H and O–H groups in total. The van der Waals surface area contributed by atoms with Crippen LogP contribution < -0.4 is 14.4 Å². The first kappa shape index (κ1) is 21.6. The molecule has 2 aromatic carbocycles. The van der Waals surface area contributed by atoms with E-state index in [4.69, 9.17) is 9.47 Å². The van der Waals surface area contributed by atoms with E-state index in [2.05, 4.69) is 47.1 Å². The maximum Gasteiger partial charge on any atom is 0.261 e. The summed E-state index contributed by atoms with van der Waals surface area (Å²) in [7, 11) is 3.12. The van der Waals surface area contributed by atoms with E-state index in [1.54, 1.807) is 26.4 Å². The SMILES string of the molecule is COc1cccc(OC)c1C(=O)N1CCN(c2ccc(-c3ccc(C)cc3C)nn2)CC1. The Bertz CT molecular complexity index is 1080. The summed E-state index contributed by atoms with van der Waals surface area (Å²) in [4.78, 5) is 17.2. The van der Waals surface area contributed by atoms with Gasteiger partial charge in [0.1, 0.15) is 17.1 Å². The van der Waals surface area contributed by atoms with Crippen LogP contribution in [0.1, 0.15) is 21.5 Å². The lowest BCUT2D eigenvalue weighted by atomic mass is 10.0. The number of amides is 1. The predicted octanol–water partition coefficient (Wildman–Crippen LogP) is 3.74. The number of anilines is 1. The van der Waals surface area contributed by atoms with Crippen molar-refractivity contribution in [2.45, 2.75) is 13.8 Å². The van der Waals surface area contributed by atoms with Crippen molar-refractivity contribution in [1.82, 2.24) is 15.1 Å². The van der Waals surface area contributed by atoms with E-state index in [1.807, 2.05) is 23.1 Å². The predicted molar refractivity (Wildman–Crippen MR) is 125 cm³/mol. The molecule has 2 heterocycles. The van der Waals surface area contributed by atoms with Gasteiger partial charge in [0.15, 0.2) is 5.82 Å². The van der Waals surface area contributed by atoms with Gasteiger partial charge in [-0.25, -0.2) is 0 Å². The average molecular weight is 433 g/mol. The molecule has 0 spiro atoms. The number of carbonyl (C=O) groups excluding carboxylic acids is 1. The van der Waals surface area contributed by atoms with Crippen LogP contribution in [0, 0.1) is 13.8 Å². The molecule has 1 amide bonds. The van der Waals surface area contributed by atoms with E-state index >= 15 is 0 Å². The second kappa shape index (κ2) is 9.26. The molecule has 3 aromatic rings. The van der Waals surface area contributed by atoms with Crippen molar-refractivity contribution >= 4 is 11.7 Å². The molecule has 32 heavy (non-hydrogen) atoms. The third-order valence-corrected chi connectivity index (χ3v) is 5.84. The highest BCUT2D eigenvalue weighted by Gasteiger charge is 2.27. The minimum absolute atomic E-state index is 0.0878. The summed E-state index contributed by atoms with van der Waals surface area (Å²) < 4.78 is 10.8. The number of hydrogen-bond donors (Lipinski definition) is 0. The van der Waals surface area contributed by atoms with Gasteiger partial charge in [-0.1, -0.05) is 29.8 Å². The second-order valence-corrected chi connectivity index (χ2v) is 7.91. The van der Waals surface area contributed by atoms with Crippen LogP contribution in [0.25, 0.3) is 11.3 Å². The molecule has 1 fully saturated rings. The van der Waals surface area contributed by atoms with Gasteiger partial charge in [-0.3, -0.25) is 4.79 Å². The molecule has 0 radical (unpaired) electrons. The number of piperazine rings is 1. The fourth-order valence-electron chi connectivity index (χ4n) is 4.10. The van der Waals surface area contributed by atoms with Crippen LogP contribution in [0.4, 0.5) is 5.82 Å². The lowest BCUT2D eigenvalue weighted by Gasteiger charge is -2.35. The molecule has 0 bridgehead atoms. The van der Waals surface area contributed by atoms with Gasteiger partial charge in [0.2, 0.25) is 0 Å². The van der Waals surface area contributed by atoms with E-state index in [0.29, 0.717) is 43.2 Å². The summed E-state index contributed by atoms with van der Waals surface area (Å²) in [6, 6.07) is 15.7. The van der Waals surface area contributed by atoms with Gasteiger partial charge in [-0.15, -0.1) is 10.2 Å². The highest BCUT2D eigenvalue weighted by Crippen LogP contribution is 2.30. The van der Waals surface area contributed by atoms with E-state index in [0.717, 1.165) is 17.1 Å². The Labute approximate surface area is 188 Å². The first-order valence-electron chi connectivity index (χ1n) is 10.7. The number of nitrogens with zero attached hydrogens (tertiary/aromatic N) is 4. The van der Waals surface area contributed by atoms with E-state index < -0.39 is 0 Å². The van der Waals surface area contributed by atoms with Crippen LogP contribution in [0.5, 0.6) is 11.5 Å². The smallest absolute Gasteiger partial charge is 0.261 e. The number of hydrogen-bond acceptors (Lipinski definition) is 6. The van der Waals surface area contributed by atoms with Crippen molar-refractivity contribution in [2.24, 2.45) is 0 Å². The van der Waals surface area contributed by atoms with Crippen LogP contribution in [-0.4, -0.2) is 61.4 Å². The molecule has 7 nitrogen and oxygen atoms in total. The Hall–Kier alpha value is -3.61. The second-order valence-electron chi connectivity index (χ2n) is 7.91. The van der Waals surface area contributed by atoms with Gasteiger partial charge in [-0.05, 0) is 43.7 Å². The molecule has 0 aliphatic carbocycles. The summed E-state index contributed by atoms with van der Waals surface area (Å²) in [5.41, 5.74) is 4.84. The monoisotopic (exact) mass is 432 g/mol. The first-order chi connectivity index (χ1) is 15.5. The van der Waals surface area contributed by atoms with E-state index in [9.17, 15) is 4.79 Å². The van der Waals surface area contributed by atoms with Crippen LogP contribution in [-0.2, 0) is 0 Å². The Morgan fingerprint density at radius 2 is 1.56 bits per heavy atom. The third kappa shape index (κ3) is 4.23. The quantitative estimate of drug-likeness (QED) is 0.612. The third-order valence-electron chi connectivity index (χ3n) is 5.84. The van der Waals surface area contributed by atoms with E-state index in [1.165, 1.54) is 11.1 Å². The lowest BCUT2D eigenvalue weighted by molar-refractivity contribution is 0.0739. The van der Waals surface area contributed by atoms with Crippen molar-refractivity contribution < 1.29 is 14.3 Å². The fourth-order valence-corrected chi connectivity index (χ4v) is 4.10. The highest BCUT2D eigenvalue weighted by atomic mass is 16.5. The Morgan fingerprint density at radius 3 is 2.12 bits per heavy atom. The molecule has 4 rings (SSSR count). The molecule has 1 aliphatic heterocycles. The Balaban J connectivity index is 1.45. The summed E-state index contributed by atoms with van der Waals surface area (Å²) in [6.07, 6.45) is 0. The normalized spacial score (nSPS) is 13.8.